The Bertz CT molecular complexity index is 1100. The summed E-state index contributed by atoms with van der Waals surface area (Å²) in [5.74, 6) is 2.15. The number of hydrogen-bond acceptors (Lipinski definition) is 5. The number of aromatic nitrogens is 2. The Morgan fingerprint density at radius 3 is 2.20 bits per heavy atom. The summed E-state index contributed by atoms with van der Waals surface area (Å²) in [7, 11) is 3.20. The Morgan fingerprint density at radius 1 is 0.967 bits per heavy atom. The van der Waals surface area contributed by atoms with Crippen LogP contribution >= 0.6 is 0 Å². The fourth-order valence-electron chi connectivity index (χ4n) is 3.09. The van der Waals surface area contributed by atoms with Crippen molar-refractivity contribution in [3.8, 4) is 28.8 Å². The maximum Gasteiger partial charge on any atom is 0.323 e. The Labute approximate surface area is 177 Å². The van der Waals surface area contributed by atoms with Gasteiger partial charge in [-0.05, 0) is 29.7 Å². The van der Waals surface area contributed by atoms with Crippen molar-refractivity contribution in [2.75, 3.05) is 14.2 Å². The molecular formula is C25H26N2O3. The minimum atomic E-state index is 0.214. The van der Waals surface area contributed by atoms with Gasteiger partial charge >= 0.3 is 6.01 Å². The van der Waals surface area contributed by atoms with Gasteiger partial charge in [0, 0.05) is 17.0 Å². The molecule has 0 fully saturated rings. The summed E-state index contributed by atoms with van der Waals surface area (Å²) < 4.78 is 16.8. The monoisotopic (exact) mass is 402 g/mol. The highest BCUT2D eigenvalue weighted by Gasteiger charge is 2.16. The maximum atomic E-state index is 5.84. The van der Waals surface area contributed by atoms with Gasteiger partial charge in [0.05, 0.1) is 25.4 Å². The van der Waals surface area contributed by atoms with E-state index in [1.807, 2.05) is 12.1 Å². The van der Waals surface area contributed by atoms with Gasteiger partial charge in [0.1, 0.15) is 5.76 Å². The molecule has 0 bridgehead atoms. The molecule has 0 saturated carbocycles. The molecule has 5 nitrogen and oxygen atoms in total. The van der Waals surface area contributed by atoms with Crippen LogP contribution in [0.2, 0.25) is 0 Å². The van der Waals surface area contributed by atoms with Gasteiger partial charge in [-0.1, -0.05) is 57.3 Å². The van der Waals surface area contributed by atoms with Crippen LogP contribution in [-0.2, 0) is 0 Å². The second-order valence-electron chi connectivity index (χ2n) is 6.97. The zero-order valence-electron chi connectivity index (χ0n) is 17.8. The lowest BCUT2D eigenvalue weighted by molar-refractivity contribution is 0.355. The summed E-state index contributed by atoms with van der Waals surface area (Å²) >= 11 is 0. The molecule has 1 heterocycles. The Morgan fingerprint density at radius 2 is 1.63 bits per heavy atom. The first-order chi connectivity index (χ1) is 14.5. The smallest absolute Gasteiger partial charge is 0.323 e. The average molecular weight is 402 g/mol. The second-order valence-corrected chi connectivity index (χ2v) is 6.97. The highest BCUT2D eigenvalue weighted by molar-refractivity contribution is 5.94. The van der Waals surface area contributed by atoms with Crippen molar-refractivity contribution in [2.24, 2.45) is 0 Å². The number of hydrogen-bond donors (Lipinski definition) is 0. The highest BCUT2D eigenvalue weighted by Crippen LogP contribution is 2.37. The molecule has 0 spiro atoms. The number of nitrogens with zero attached hydrogens (tertiary/aromatic N) is 2. The minimum Gasteiger partial charge on any atom is -0.493 e. The number of benzene rings is 2. The quantitative estimate of drug-likeness (QED) is 0.338. The SMILES string of the molecule is C=C/C=C(\C=C)Oc1nc(-c2ccc(C(C)C)cc2)c2cc(OC)c(OC)cc2n1. The zero-order valence-corrected chi connectivity index (χ0v) is 17.8. The normalized spacial score (nSPS) is 11.4. The summed E-state index contributed by atoms with van der Waals surface area (Å²) in [6, 6.07) is 12.3. The van der Waals surface area contributed by atoms with Gasteiger partial charge in [0.15, 0.2) is 11.5 Å². The van der Waals surface area contributed by atoms with Gasteiger partial charge in [-0.2, -0.15) is 9.97 Å². The van der Waals surface area contributed by atoms with Crippen LogP contribution in [0.3, 0.4) is 0 Å². The molecular weight excluding hydrogens is 376 g/mol. The molecule has 0 radical (unpaired) electrons. The van der Waals surface area contributed by atoms with Crippen molar-refractivity contribution in [1.82, 2.24) is 9.97 Å². The Hall–Kier alpha value is -3.60. The first-order valence-electron chi connectivity index (χ1n) is 9.67. The van der Waals surface area contributed by atoms with Crippen LogP contribution in [0.25, 0.3) is 22.2 Å². The average Bonchev–Trinajstić information content (AvgIpc) is 2.77. The Kier molecular flexibility index (Phi) is 6.52. The van der Waals surface area contributed by atoms with E-state index in [-0.39, 0.29) is 6.01 Å². The molecule has 0 aliphatic rings. The van der Waals surface area contributed by atoms with E-state index < -0.39 is 0 Å². The third-order valence-corrected chi connectivity index (χ3v) is 4.72. The van der Waals surface area contributed by atoms with Gasteiger partial charge in [0.2, 0.25) is 0 Å². The first-order valence-corrected chi connectivity index (χ1v) is 9.67. The van der Waals surface area contributed by atoms with E-state index >= 15 is 0 Å². The lowest BCUT2D eigenvalue weighted by Gasteiger charge is -2.14. The van der Waals surface area contributed by atoms with E-state index in [4.69, 9.17) is 19.2 Å². The predicted molar refractivity (Wildman–Crippen MR) is 121 cm³/mol. The number of ether oxygens (including phenoxy) is 3. The summed E-state index contributed by atoms with van der Waals surface area (Å²) in [4.78, 5) is 9.26. The van der Waals surface area contributed by atoms with Crippen LogP contribution in [0, 0.1) is 0 Å². The van der Waals surface area contributed by atoms with Crippen molar-refractivity contribution in [3.63, 3.8) is 0 Å². The van der Waals surface area contributed by atoms with Crippen molar-refractivity contribution in [1.29, 1.82) is 0 Å². The summed E-state index contributed by atoms with van der Waals surface area (Å²) in [6.45, 7) is 11.8. The molecule has 0 saturated heterocycles. The zero-order chi connectivity index (χ0) is 21.7. The van der Waals surface area contributed by atoms with E-state index in [2.05, 4.69) is 56.3 Å². The molecule has 0 unspecified atom stereocenters. The maximum absolute atomic E-state index is 5.84. The molecule has 30 heavy (non-hydrogen) atoms. The molecule has 2 aromatic carbocycles. The molecule has 0 aliphatic heterocycles. The van der Waals surface area contributed by atoms with Crippen LogP contribution in [0.5, 0.6) is 17.5 Å². The molecule has 154 valence electrons. The summed E-state index contributed by atoms with van der Waals surface area (Å²) in [6.07, 6.45) is 4.91. The lowest BCUT2D eigenvalue weighted by Crippen LogP contribution is -2.01. The van der Waals surface area contributed by atoms with E-state index in [1.165, 1.54) is 5.56 Å². The largest absolute Gasteiger partial charge is 0.493 e. The lowest BCUT2D eigenvalue weighted by atomic mass is 9.99. The minimum absolute atomic E-state index is 0.214. The van der Waals surface area contributed by atoms with Gasteiger partial charge in [-0.25, -0.2) is 0 Å². The molecule has 0 aliphatic carbocycles. The highest BCUT2D eigenvalue weighted by atomic mass is 16.5. The van der Waals surface area contributed by atoms with Crippen molar-refractivity contribution in [2.45, 2.75) is 19.8 Å². The second kappa shape index (κ2) is 9.27. The first kappa shape index (κ1) is 21.1. The fourth-order valence-corrected chi connectivity index (χ4v) is 3.09. The van der Waals surface area contributed by atoms with E-state index in [9.17, 15) is 0 Å². The third kappa shape index (κ3) is 4.35. The van der Waals surface area contributed by atoms with Crippen molar-refractivity contribution < 1.29 is 14.2 Å². The van der Waals surface area contributed by atoms with E-state index in [0.717, 1.165) is 16.6 Å². The summed E-state index contributed by atoms with van der Waals surface area (Å²) in [5.41, 5.74) is 3.64. The Balaban J connectivity index is 2.24. The number of methoxy groups -OCH3 is 2. The molecule has 1 aromatic heterocycles. The van der Waals surface area contributed by atoms with Crippen LogP contribution in [0.15, 0.2) is 73.5 Å². The predicted octanol–water partition coefficient (Wildman–Crippen LogP) is 6.07. The van der Waals surface area contributed by atoms with Gasteiger partial charge < -0.3 is 14.2 Å². The molecule has 0 N–H and O–H groups in total. The van der Waals surface area contributed by atoms with Crippen LogP contribution in [0.1, 0.15) is 25.3 Å². The molecule has 0 atom stereocenters. The van der Waals surface area contributed by atoms with E-state index in [0.29, 0.717) is 28.7 Å². The van der Waals surface area contributed by atoms with Gasteiger partial charge in [0.25, 0.3) is 0 Å². The van der Waals surface area contributed by atoms with Gasteiger partial charge in [-0.15, -0.1) is 0 Å². The third-order valence-electron chi connectivity index (χ3n) is 4.72. The topological polar surface area (TPSA) is 53.5 Å². The molecule has 0 amide bonds. The van der Waals surface area contributed by atoms with Crippen LogP contribution in [0.4, 0.5) is 0 Å². The molecule has 3 rings (SSSR count). The molecule has 5 heteroatoms. The standard InChI is InChI=1S/C25H26N2O3/c1-7-9-19(8-2)30-25-26-21-15-23(29-6)22(28-5)14-20(21)24(27-25)18-12-10-17(11-13-18)16(3)4/h7-16H,1-2H2,3-6H3/b19-9+. The summed E-state index contributed by atoms with van der Waals surface area (Å²) in [5, 5.41) is 0.838. The fraction of sp³-hybridized carbons (Fsp3) is 0.200. The van der Waals surface area contributed by atoms with Crippen LogP contribution in [-0.4, -0.2) is 24.2 Å². The number of allylic oxidation sites excluding steroid dienone is 3. The van der Waals surface area contributed by atoms with Crippen molar-refractivity contribution >= 4 is 10.9 Å². The van der Waals surface area contributed by atoms with E-state index in [1.54, 1.807) is 32.4 Å². The molecule has 3 aromatic rings. The number of rotatable bonds is 8. The van der Waals surface area contributed by atoms with Crippen molar-refractivity contribution in [3.05, 3.63) is 79.1 Å². The van der Waals surface area contributed by atoms with Crippen LogP contribution < -0.4 is 14.2 Å². The number of fused-ring (bicyclic) bond motifs is 1. The van der Waals surface area contributed by atoms with Gasteiger partial charge in [-0.3, -0.25) is 0 Å².